The zero-order valence-corrected chi connectivity index (χ0v) is 8.61. The van der Waals surface area contributed by atoms with Crippen molar-refractivity contribution in [2.75, 3.05) is 25.0 Å². The molecule has 1 aliphatic carbocycles. The highest BCUT2D eigenvalue weighted by Crippen LogP contribution is 2.18. The molecule has 0 aliphatic heterocycles. The van der Waals surface area contributed by atoms with Gasteiger partial charge in [-0.3, -0.25) is 0 Å². The normalized spacial score (nSPS) is 15.5. The quantitative estimate of drug-likeness (QED) is 0.759. The first kappa shape index (κ1) is 9.46. The summed E-state index contributed by atoms with van der Waals surface area (Å²) in [6, 6.07) is 6.80. The Labute approximate surface area is 85.1 Å². The van der Waals surface area contributed by atoms with Crippen molar-refractivity contribution in [1.82, 2.24) is 10.3 Å². The van der Waals surface area contributed by atoms with E-state index in [2.05, 4.69) is 22.2 Å². The smallest absolute Gasteiger partial charge is 0.128 e. The predicted octanol–water partition coefficient (Wildman–Crippen LogP) is 1.27. The van der Waals surface area contributed by atoms with Crippen molar-refractivity contribution in [2.24, 2.45) is 0 Å². The van der Waals surface area contributed by atoms with Crippen molar-refractivity contribution < 1.29 is 0 Å². The molecule has 0 saturated heterocycles. The molecule has 0 unspecified atom stereocenters. The molecule has 2 rings (SSSR count). The first-order valence-corrected chi connectivity index (χ1v) is 5.22. The van der Waals surface area contributed by atoms with Crippen LogP contribution >= 0.6 is 0 Å². The summed E-state index contributed by atoms with van der Waals surface area (Å²) in [5.41, 5.74) is 0. The molecule has 0 bridgehead atoms. The molecule has 1 aromatic heterocycles. The molecule has 1 fully saturated rings. The SMILES string of the molecule is CN(CCNC1CC1)c1ccccn1. The molecule has 1 N–H and O–H groups in total. The van der Waals surface area contributed by atoms with Crippen molar-refractivity contribution in [3.8, 4) is 0 Å². The Bertz CT molecular complexity index is 269. The van der Waals surface area contributed by atoms with Crippen LogP contribution in [0.3, 0.4) is 0 Å². The second-order valence-electron chi connectivity index (χ2n) is 3.84. The van der Waals surface area contributed by atoms with E-state index in [4.69, 9.17) is 0 Å². The zero-order chi connectivity index (χ0) is 9.80. The Morgan fingerprint density at radius 2 is 2.36 bits per heavy atom. The van der Waals surface area contributed by atoms with Crippen LogP contribution in [0.4, 0.5) is 5.82 Å². The van der Waals surface area contributed by atoms with Gasteiger partial charge in [0, 0.05) is 32.4 Å². The van der Waals surface area contributed by atoms with Crippen molar-refractivity contribution in [2.45, 2.75) is 18.9 Å². The van der Waals surface area contributed by atoms with Crippen LogP contribution in [0.15, 0.2) is 24.4 Å². The minimum atomic E-state index is 0.798. The lowest BCUT2D eigenvalue weighted by Crippen LogP contribution is -2.30. The molecule has 0 spiro atoms. The molecule has 1 aromatic rings. The summed E-state index contributed by atoms with van der Waals surface area (Å²) >= 11 is 0. The van der Waals surface area contributed by atoms with Crippen molar-refractivity contribution >= 4 is 5.82 Å². The van der Waals surface area contributed by atoms with Crippen LogP contribution in [-0.2, 0) is 0 Å². The highest BCUT2D eigenvalue weighted by Gasteiger charge is 2.19. The number of aromatic nitrogens is 1. The van der Waals surface area contributed by atoms with Gasteiger partial charge in [-0.25, -0.2) is 4.98 Å². The Balaban J connectivity index is 1.74. The van der Waals surface area contributed by atoms with Crippen LogP contribution in [0, 0.1) is 0 Å². The van der Waals surface area contributed by atoms with Gasteiger partial charge in [0.15, 0.2) is 0 Å². The number of hydrogen-bond donors (Lipinski definition) is 1. The fraction of sp³-hybridized carbons (Fsp3) is 0.545. The summed E-state index contributed by atoms with van der Waals surface area (Å²) in [5, 5.41) is 3.49. The predicted molar refractivity (Wildman–Crippen MR) is 58.5 cm³/mol. The monoisotopic (exact) mass is 191 g/mol. The number of pyridine rings is 1. The third-order valence-electron chi connectivity index (χ3n) is 2.50. The molecule has 1 aliphatic rings. The first-order valence-electron chi connectivity index (χ1n) is 5.22. The molecule has 0 atom stereocenters. The largest absolute Gasteiger partial charge is 0.358 e. The number of nitrogens with zero attached hydrogens (tertiary/aromatic N) is 2. The molecule has 3 heteroatoms. The van der Waals surface area contributed by atoms with Gasteiger partial charge in [-0.05, 0) is 25.0 Å². The van der Waals surface area contributed by atoms with Gasteiger partial charge in [0.2, 0.25) is 0 Å². The van der Waals surface area contributed by atoms with Crippen LogP contribution in [0.25, 0.3) is 0 Å². The summed E-state index contributed by atoms with van der Waals surface area (Å²) in [4.78, 5) is 6.47. The van der Waals surface area contributed by atoms with Crippen molar-refractivity contribution in [3.63, 3.8) is 0 Å². The summed E-state index contributed by atoms with van der Waals surface area (Å²) in [5.74, 6) is 1.05. The van der Waals surface area contributed by atoms with E-state index in [0.29, 0.717) is 0 Å². The Morgan fingerprint density at radius 3 is 3.00 bits per heavy atom. The van der Waals surface area contributed by atoms with Gasteiger partial charge in [-0.1, -0.05) is 6.07 Å². The molecular weight excluding hydrogens is 174 g/mol. The molecule has 0 amide bonds. The summed E-state index contributed by atoms with van der Waals surface area (Å²) < 4.78 is 0. The van der Waals surface area contributed by atoms with E-state index in [-0.39, 0.29) is 0 Å². The fourth-order valence-electron chi connectivity index (χ4n) is 1.42. The molecular formula is C11H17N3. The van der Waals surface area contributed by atoms with Gasteiger partial charge in [0.05, 0.1) is 0 Å². The number of hydrogen-bond acceptors (Lipinski definition) is 3. The molecule has 3 nitrogen and oxygen atoms in total. The maximum Gasteiger partial charge on any atom is 0.128 e. The minimum absolute atomic E-state index is 0.798. The molecule has 1 heterocycles. The highest BCUT2D eigenvalue weighted by molar-refractivity contribution is 5.36. The van der Waals surface area contributed by atoms with Gasteiger partial charge in [-0.2, -0.15) is 0 Å². The maximum absolute atomic E-state index is 4.29. The first-order chi connectivity index (χ1) is 6.86. The van der Waals surface area contributed by atoms with Crippen molar-refractivity contribution in [3.05, 3.63) is 24.4 Å². The summed E-state index contributed by atoms with van der Waals surface area (Å²) in [7, 11) is 2.08. The van der Waals surface area contributed by atoms with Crippen LogP contribution in [0.1, 0.15) is 12.8 Å². The van der Waals surface area contributed by atoms with Gasteiger partial charge < -0.3 is 10.2 Å². The number of nitrogens with one attached hydrogen (secondary N) is 1. The summed E-state index contributed by atoms with van der Waals surface area (Å²) in [6.07, 6.45) is 4.54. The summed E-state index contributed by atoms with van der Waals surface area (Å²) in [6.45, 7) is 2.07. The lowest BCUT2D eigenvalue weighted by atomic mass is 10.4. The van der Waals surface area contributed by atoms with Gasteiger partial charge in [0.1, 0.15) is 5.82 Å². The number of likely N-dealkylation sites (N-methyl/N-ethyl adjacent to an activating group) is 1. The van der Waals surface area contributed by atoms with Crippen LogP contribution in [0.2, 0.25) is 0 Å². The highest BCUT2D eigenvalue weighted by atomic mass is 15.2. The Morgan fingerprint density at radius 1 is 1.50 bits per heavy atom. The average molecular weight is 191 g/mol. The van der Waals surface area contributed by atoms with E-state index in [9.17, 15) is 0 Å². The topological polar surface area (TPSA) is 28.2 Å². The molecule has 0 radical (unpaired) electrons. The lowest BCUT2D eigenvalue weighted by molar-refractivity contribution is 0.673. The lowest BCUT2D eigenvalue weighted by Gasteiger charge is -2.17. The maximum atomic E-state index is 4.29. The Kier molecular flexibility index (Phi) is 2.99. The van der Waals surface area contributed by atoms with E-state index in [0.717, 1.165) is 24.9 Å². The molecule has 14 heavy (non-hydrogen) atoms. The van der Waals surface area contributed by atoms with E-state index in [1.165, 1.54) is 12.8 Å². The second-order valence-corrected chi connectivity index (χ2v) is 3.84. The van der Waals surface area contributed by atoms with E-state index in [1.54, 1.807) is 0 Å². The van der Waals surface area contributed by atoms with Crippen LogP contribution < -0.4 is 10.2 Å². The fourth-order valence-corrected chi connectivity index (χ4v) is 1.42. The van der Waals surface area contributed by atoms with Crippen molar-refractivity contribution in [1.29, 1.82) is 0 Å². The van der Waals surface area contributed by atoms with Gasteiger partial charge in [-0.15, -0.1) is 0 Å². The van der Waals surface area contributed by atoms with Gasteiger partial charge in [0.25, 0.3) is 0 Å². The third kappa shape index (κ3) is 2.70. The van der Waals surface area contributed by atoms with Crippen LogP contribution in [0.5, 0.6) is 0 Å². The average Bonchev–Trinajstić information content (AvgIpc) is 3.03. The molecule has 0 aromatic carbocycles. The van der Waals surface area contributed by atoms with Crippen LogP contribution in [-0.4, -0.2) is 31.2 Å². The molecule has 1 saturated carbocycles. The van der Waals surface area contributed by atoms with Gasteiger partial charge >= 0.3 is 0 Å². The number of anilines is 1. The van der Waals surface area contributed by atoms with E-state index < -0.39 is 0 Å². The zero-order valence-electron chi connectivity index (χ0n) is 8.61. The number of rotatable bonds is 5. The minimum Gasteiger partial charge on any atom is -0.358 e. The second kappa shape index (κ2) is 4.42. The standard InChI is InChI=1S/C11H17N3/c1-14(9-8-12-10-5-6-10)11-4-2-3-7-13-11/h2-4,7,10,12H,5-6,8-9H2,1H3. The van der Waals surface area contributed by atoms with E-state index >= 15 is 0 Å². The molecule has 76 valence electrons. The third-order valence-corrected chi connectivity index (χ3v) is 2.50. The van der Waals surface area contributed by atoms with E-state index in [1.807, 2.05) is 24.4 Å². The Hall–Kier alpha value is -1.09.